The molecule has 3 nitrogen and oxygen atoms in total. The van der Waals surface area contributed by atoms with E-state index in [2.05, 4.69) is 50.4 Å². The Balaban J connectivity index is 2.08. The normalized spacial score (nSPS) is 14.1. The number of aryl methyl sites for hydroxylation is 1. The molecule has 0 aliphatic carbocycles. The van der Waals surface area contributed by atoms with E-state index in [0.717, 1.165) is 23.5 Å². The topological polar surface area (TPSA) is 45.1 Å². The second kappa shape index (κ2) is 7.69. The van der Waals surface area contributed by atoms with E-state index >= 15 is 0 Å². The van der Waals surface area contributed by atoms with Gasteiger partial charge in [0.2, 0.25) is 0 Å². The second-order valence-corrected chi connectivity index (χ2v) is 6.51. The van der Waals surface area contributed by atoms with Gasteiger partial charge in [0.1, 0.15) is 0 Å². The summed E-state index contributed by atoms with van der Waals surface area (Å²) in [7, 11) is 0. The predicted octanol–water partition coefficient (Wildman–Crippen LogP) is 3.46. The largest absolute Gasteiger partial charge is 0.395 e. The lowest BCUT2D eigenvalue weighted by Crippen LogP contribution is -2.33. The van der Waals surface area contributed by atoms with E-state index in [-0.39, 0.29) is 18.7 Å². The number of nitrogens with one attached hydrogen (secondary N) is 1. The highest BCUT2D eigenvalue weighted by Gasteiger charge is 2.17. The van der Waals surface area contributed by atoms with Gasteiger partial charge in [-0.25, -0.2) is 4.98 Å². The van der Waals surface area contributed by atoms with Crippen LogP contribution in [0.25, 0.3) is 0 Å². The van der Waals surface area contributed by atoms with Crippen molar-refractivity contribution in [2.75, 3.05) is 6.61 Å². The Bertz CT molecular complexity index is 549. The summed E-state index contributed by atoms with van der Waals surface area (Å²) in [5.74, 6) is 0. The van der Waals surface area contributed by atoms with Crippen molar-refractivity contribution < 1.29 is 5.11 Å². The second-order valence-electron chi connectivity index (χ2n) is 5.40. The molecular formula is C17H24N2OS. The summed E-state index contributed by atoms with van der Waals surface area (Å²) in [5, 5.41) is 13.9. The number of nitrogens with zero attached hydrogens (tertiary/aromatic N) is 1. The maximum atomic E-state index is 9.32. The Hall–Kier alpha value is -1.23. The van der Waals surface area contributed by atoms with Crippen LogP contribution in [0.2, 0.25) is 0 Å². The van der Waals surface area contributed by atoms with E-state index in [0.29, 0.717) is 0 Å². The molecule has 2 rings (SSSR count). The molecule has 21 heavy (non-hydrogen) atoms. The van der Waals surface area contributed by atoms with E-state index in [4.69, 9.17) is 4.98 Å². The summed E-state index contributed by atoms with van der Waals surface area (Å²) in [6, 6.07) is 10.8. The minimum Gasteiger partial charge on any atom is -0.395 e. The van der Waals surface area contributed by atoms with Crippen LogP contribution < -0.4 is 5.32 Å². The highest BCUT2D eigenvalue weighted by atomic mass is 32.1. The Morgan fingerprint density at radius 2 is 2.00 bits per heavy atom. The number of aliphatic hydroxyl groups is 1. The van der Waals surface area contributed by atoms with Crippen LogP contribution >= 0.6 is 11.3 Å². The van der Waals surface area contributed by atoms with Crippen molar-refractivity contribution >= 4 is 11.3 Å². The molecule has 2 atom stereocenters. The van der Waals surface area contributed by atoms with Crippen molar-refractivity contribution in [3.05, 3.63) is 51.5 Å². The van der Waals surface area contributed by atoms with Gasteiger partial charge in [-0.3, -0.25) is 0 Å². The monoisotopic (exact) mass is 304 g/mol. The Morgan fingerprint density at radius 3 is 2.62 bits per heavy atom. The highest BCUT2D eigenvalue weighted by molar-refractivity contribution is 7.11. The van der Waals surface area contributed by atoms with Gasteiger partial charge in [0, 0.05) is 23.4 Å². The number of hydrogen-bond donors (Lipinski definition) is 2. The Morgan fingerprint density at radius 1 is 1.29 bits per heavy atom. The van der Waals surface area contributed by atoms with E-state index in [1.165, 1.54) is 10.4 Å². The first kappa shape index (κ1) is 16.1. The van der Waals surface area contributed by atoms with Crippen LogP contribution in [0.15, 0.2) is 30.3 Å². The van der Waals surface area contributed by atoms with Crippen LogP contribution in [-0.4, -0.2) is 22.7 Å². The van der Waals surface area contributed by atoms with Crippen LogP contribution in [0, 0.1) is 6.92 Å². The molecule has 1 heterocycles. The van der Waals surface area contributed by atoms with Crippen LogP contribution in [0.3, 0.4) is 0 Å². The van der Waals surface area contributed by atoms with E-state index in [1.54, 1.807) is 11.3 Å². The molecule has 0 saturated carbocycles. The summed E-state index contributed by atoms with van der Waals surface area (Å²) in [6.45, 7) is 6.47. The fourth-order valence-corrected chi connectivity index (χ4v) is 3.56. The lowest BCUT2D eigenvalue weighted by atomic mass is 10.1. The average molecular weight is 304 g/mol. The lowest BCUT2D eigenvalue weighted by molar-refractivity contribution is 0.230. The maximum absolute atomic E-state index is 9.32. The molecule has 114 valence electrons. The number of aromatic nitrogens is 1. The van der Waals surface area contributed by atoms with Gasteiger partial charge in [0.15, 0.2) is 0 Å². The molecular weight excluding hydrogens is 280 g/mol. The molecule has 4 heteroatoms. The van der Waals surface area contributed by atoms with Gasteiger partial charge >= 0.3 is 0 Å². The lowest BCUT2D eigenvalue weighted by Gasteiger charge is -2.19. The molecule has 0 fully saturated rings. The number of hydrogen-bond acceptors (Lipinski definition) is 4. The van der Waals surface area contributed by atoms with Crippen LogP contribution in [-0.2, 0) is 6.42 Å². The molecule has 0 aliphatic heterocycles. The van der Waals surface area contributed by atoms with Crippen molar-refractivity contribution in [1.29, 1.82) is 0 Å². The zero-order valence-corrected chi connectivity index (χ0v) is 13.8. The number of aliphatic hydroxyl groups excluding tert-OH is 1. The first-order valence-corrected chi connectivity index (χ1v) is 8.32. The molecule has 2 unspecified atom stereocenters. The fourth-order valence-electron chi connectivity index (χ4n) is 2.44. The molecule has 1 aromatic heterocycles. The van der Waals surface area contributed by atoms with Gasteiger partial charge in [-0.05, 0) is 25.8 Å². The average Bonchev–Trinajstić information content (AvgIpc) is 2.86. The van der Waals surface area contributed by atoms with Crippen LogP contribution in [0.1, 0.15) is 47.5 Å². The van der Waals surface area contributed by atoms with Gasteiger partial charge < -0.3 is 10.4 Å². The maximum Gasteiger partial charge on any atom is 0.0975 e. The molecule has 0 spiro atoms. The minimum atomic E-state index is 0.152. The Labute approximate surface area is 131 Å². The number of rotatable bonds is 7. The molecule has 0 bridgehead atoms. The summed E-state index contributed by atoms with van der Waals surface area (Å²) in [4.78, 5) is 5.97. The third-order valence-electron chi connectivity index (χ3n) is 3.67. The minimum absolute atomic E-state index is 0.152. The van der Waals surface area contributed by atoms with Gasteiger partial charge in [0.05, 0.1) is 17.3 Å². The zero-order chi connectivity index (χ0) is 15.2. The van der Waals surface area contributed by atoms with Crippen LogP contribution in [0.5, 0.6) is 0 Å². The summed E-state index contributed by atoms with van der Waals surface area (Å²) in [5.41, 5.74) is 2.39. The molecule has 0 amide bonds. The summed E-state index contributed by atoms with van der Waals surface area (Å²) < 4.78 is 0. The first-order chi connectivity index (χ1) is 10.1. The summed E-state index contributed by atoms with van der Waals surface area (Å²) >= 11 is 1.77. The van der Waals surface area contributed by atoms with Crippen molar-refractivity contribution in [2.45, 2.75) is 45.7 Å². The highest BCUT2D eigenvalue weighted by Crippen LogP contribution is 2.27. The summed E-state index contributed by atoms with van der Waals surface area (Å²) in [6.07, 6.45) is 1.81. The number of benzene rings is 1. The van der Waals surface area contributed by atoms with Crippen molar-refractivity contribution in [1.82, 2.24) is 10.3 Å². The Kier molecular flexibility index (Phi) is 5.91. The van der Waals surface area contributed by atoms with Gasteiger partial charge in [-0.2, -0.15) is 0 Å². The van der Waals surface area contributed by atoms with Crippen molar-refractivity contribution in [3.63, 3.8) is 0 Å². The first-order valence-electron chi connectivity index (χ1n) is 7.51. The predicted molar refractivity (Wildman–Crippen MR) is 88.8 cm³/mol. The third-order valence-corrected chi connectivity index (χ3v) is 5.01. The quantitative estimate of drug-likeness (QED) is 0.823. The molecule has 0 aliphatic rings. The van der Waals surface area contributed by atoms with E-state index in [1.807, 2.05) is 6.07 Å². The molecule has 1 aromatic carbocycles. The van der Waals surface area contributed by atoms with E-state index in [9.17, 15) is 5.11 Å². The van der Waals surface area contributed by atoms with Crippen molar-refractivity contribution in [3.8, 4) is 0 Å². The van der Waals surface area contributed by atoms with Crippen molar-refractivity contribution in [2.24, 2.45) is 0 Å². The zero-order valence-electron chi connectivity index (χ0n) is 13.0. The smallest absolute Gasteiger partial charge is 0.0975 e. The SMILES string of the molecule is CCC(CO)NC(C)c1sc(Cc2ccccc2)nc1C. The molecule has 0 saturated heterocycles. The van der Waals surface area contributed by atoms with Gasteiger partial charge in [-0.1, -0.05) is 37.3 Å². The van der Waals surface area contributed by atoms with Crippen LogP contribution in [0.4, 0.5) is 0 Å². The molecule has 2 N–H and O–H groups in total. The molecule has 0 radical (unpaired) electrons. The van der Waals surface area contributed by atoms with E-state index < -0.39 is 0 Å². The number of thiazole rings is 1. The van der Waals surface area contributed by atoms with Gasteiger partial charge in [0.25, 0.3) is 0 Å². The third kappa shape index (κ3) is 4.37. The van der Waals surface area contributed by atoms with Gasteiger partial charge in [-0.15, -0.1) is 11.3 Å². The molecule has 2 aromatic rings. The standard InChI is InChI=1S/C17H24N2OS/c1-4-15(11-20)18-12(2)17-13(3)19-16(21-17)10-14-8-6-5-7-9-14/h5-9,12,15,18,20H,4,10-11H2,1-3H3. The fraction of sp³-hybridized carbons (Fsp3) is 0.471.